The number of nitrogens with one attached hydrogen (secondary N) is 2. The molecule has 0 bridgehead atoms. The van der Waals surface area contributed by atoms with Crippen LogP contribution in [0.15, 0.2) is 12.4 Å². The lowest BCUT2D eigenvalue weighted by atomic mass is 10.1. The molecular weight excluding hydrogens is 294 g/mol. The van der Waals surface area contributed by atoms with Crippen LogP contribution in [0.4, 0.5) is 10.5 Å². The van der Waals surface area contributed by atoms with E-state index in [1.54, 1.807) is 6.20 Å². The smallest absolute Gasteiger partial charge is 0.319 e. The number of aromatic nitrogens is 2. The predicted molar refractivity (Wildman–Crippen MR) is 90.4 cm³/mol. The third-order valence-electron chi connectivity index (χ3n) is 4.23. The van der Waals surface area contributed by atoms with Crippen LogP contribution in [0.1, 0.15) is 33.1 Å². The van der Waals surface area contributed by atoms with Gasteiger partial charge in [0, 0.05) is 19.3 Å². The molecule has 3 N–H and O–H groups in total. The molecule has 0 aliphatic carbocycles. The molecule has 1 aliphatic heterocycles. The zero-order valence-corrected chi connectivity index (χ0v) is 14.2. The highest BCUT2D eigenvalue weighted by Crippen LogP contribution is 2.09. The molecule has 2 heterocycles. The number of nitrogens with zero attached hydrogens (tertiary/aromatic N) is 3. The Labute approximate surface area is 138 Å². The maximum Gasteiger partial charge on any atom is 0.319 e. The molecule has 0 radical (unpaired) electrons. The molecule has 0 saturated carbocycles. The molecule has 1 aromatic heterocycles. The Bertz CT molecular complexity index is 483. The van der Waals surface area contributed by atoms with Crippen molar-refractivity contribution in [2.24, 2.45) is 5.92 Å². The van der Waals surface area contributed by atoms with Crippen LogP contribution in [0.3, 0.4) is 0 Å². The highest BCUT2D eigenvalue weighted by Gasteiger charge is 2.12. The summed E-state index contributed by atoms with van der Waals surface area (Å²) in [4.78, 5) is 14.2. The fourth-order valence-electron chi connectivity index (χ4n) is 2.59. The quantitative estimate of drug-likeness (QED) is 0.710. The van der Waals surface area contributed by atoms with Crippen LogP contribution in [-0.4, -0.2) is 58.1 Å². The minimum atomic E-state index is -0.534. The number of carbonyl (C=O) groups excluding carboxylic acids is 1. The molecular formula is C16H29N5O2. The molecule has 1 aromatic rings. The molecule has 1 aliphatic rings. The summed E-state index contributed by atoms with van der Waals surface area (Å²) < 4.78 is 1.85. The molecule has 1 unspecified atom stereocenters. The Kier molecular flexibility index (Phi) is 6.85. The minimum Gasteiger partial charge on any atom is -0.391 e. The monoisotopic (exact) mass is 323 g/mol. The van der Waals surface area contributed by atoms with Crippen molar-refractivity contribution in [3.8, 4) is 0 Å². The Balaban J connectivity index is 1.70. The number of likely N-dealkylation sites (tertiary alicyclic amines) is 1. The van der Waals surface area contributed by atoms with Crippen molar-refractivity contribution < 1.29 is 9.90 Å². The second-order valence-corrected chi connectivity index (χ2v) is 6.54. The Morgan fingerprint density at radius 1 is 1.30 bits per heavy atom. The molecule has 1 fully saturated rings. The van der Waals surface area contributed by atoms with Crippen molar-refractivity contribution in [2.75, 3.05) is 31.5 Å². The summed E-state index contributed by atoms with van der Waals surface area (Å²) in [5.41, 5.74) is 0.667. The van der Waals surface area contributed by atoms with Gasteiger partial charge in [0.15, 0.2) is 0 Å². The number of aliphatic hydroxyl groups is 1. The van der Waals surface area contributed by atoms with E-state index in [2.05, 4.69) is 20.6 Å². The number of hydrogen-bond acceptors (Lipinski definition) is 4. The number of carbonyl (C=O) groups is 1. The molecule has 130 valence electrons. The van der Waals surface area contributed by atoms with E-state index in [1.165, 1.54) is 32.4 Å². The first-order valence-electron chi connectivity index (χ1n) is 8.52. The highest BCUT2D eigenvalue weighted by atomic mass is 16.3. The number of hydrogen-bond donors (Lipinski definition) is 3. The van der Waals surface area contributed by atoms with Gasteiger partial charge in [-0.3, -0.25) is 4.68 Å². The molecule has 7 nitrogen and oxygen atoms in total. The van der Waals surface area contributed by atoms with Gasteiger partial charge in [-0.25, -0.2) is 4.79 Å². The first kappa shape index (κ1) is 17.7. The van der Waals surface area contributed by atoms with Crippen molar-refractivity contribution in [3.05, 3.63) is 12.4 Å². The number of aliphatic hydroxyl groups excluding tert-OH is 1. The van der Waals surface area contributed by atoms with E-state index in [4.69, 9.17) is 0 Å². The molecule has 1 saturated heterocycles. The summed E-state index contributed by atoms with van der Waals surface area (Å²) >= 11 is 0. The van der Waals surface area contributed by atoms with Crippen molar-refractivity contribution in [1.29, 1.82) is 0 Å². The van der Waals surface area contributed by atoms with Crippen molar-refractivity contribution in [1.82, 2.24) is 20.0 Å². The SMILES string of the molecule is CC(C)C(O)CNC(=O)Nc1cnn(CCN2CCCCC2)c1. The fourth-order valence-corrected chi connectivity index (χ4v) is 2.59. The van der Waals surface area contributed by atoms with E-state index >= 15 is 0 Å². The fraction of sp³-hybridized carbons (Fsp3) is 0.750. The summed E-state index contributed by atoms with van der Waals surface area (Å²) in [6, 6.07) is -0.319. The van der Waals surface area contributed by atoms with Crippen molar-refractivity contribution in [2.45, 2.75) is 45.8 Å². The largest absolute Gasteiger partial charge is 0.391 e. The van der Waals surface area contributed by atoms with Crippen LogP contribution in [0, 0.1) is 5.92 Å². The van der Waals surface area contributed by atoms with E-state index in [1.807, 2.05) is 24.7 Å². The lowest BCUT2D eigenvalue weighted by molar-refractivity contribution is 0.126. The molecule has 7 heteroatoms. The number of anilines is 1. The van der Waals surface area contributed by atoms with E-state index in [9.17, 15) is 9.90 Å². The molecule has 23 heavy (non-hydrogen) atoms. The van der Waals surface area contributed by atoms with Gasteiger partial charge in [-0.1, -0.05) is 20.3 Å². The van der Waals surface area contributed by atoms with Gasteiger partial charge in [-0.2, -0.15) is 5.10 Å². The summed E-state index contributed by atoms with van der Waals surface area (Å²) in [6.07, 6.45) is 6.86. The molecule has 0 spiro atoms. The van der Waals surface area contributed by atoms with Crippen molar-refractivity contribution >= 4 is 11.7 Å². The topological polar surface area (TPSA) is 82.4 Å². The Morgan fingerprint density at radius 3 is 2.74 bits per heavy atom. The molecule has 2 rings (SSSR count). The zero-order chi connectivity index (χ0) is 16.7. The first-order valence-corrected chi connectivity index (χ1v) is 8.52. The lowest BCUT2D eigenvalue weighted by Gasteiger charge is -2.26. The van der Waals surface area contributed by atoms with Gasteiger partial charge in [-0.15, -0.1) is 0 Å². The van der Waals surface area contributed by atoms with Gasteiger partial charge in [0.2, 0.25) is 0 Å². The van der Waals surface area contributed by atoms with E-state index in [0.29, 0.717) is 5.69 Å². The Hall–Kier alpha value is -1.60. The summed E-state index contributed by atoms with van der Waals surface area (Å²) in [7, 11) is 0. The third-order valence-corrected chi connectivity index (χ3v) is 4.23. The number of urea groups is 1. The second-order valence-electron chi connectivity index (χ2n) is 6.54. The highest BCUT2D eigenvalue weighted by molar-refractivity contribution is 5.88. The number of piperidine rings is 1. The van der Waals surface area contributed by atoms with Crippen molar-refractivity contribution in [3.63, 3.8) is 0 Å². The standard InChI is InChI=1S/C16H29N5O2/c1-13(2)15(22)11-17-16(23)19-14-10-18-21(12-14)9-8-20-6-4-3-5-7-20/h10,12-13,15,22H,3-9,11H2,1-2H3,(H2,17,19,23). The van der Waals surface area contributed by atoms with Crippen LogP contribution in [-0.2, 0) is 6.54 Å². The normalized spacial score (nSPS) is 17.2. The summed E-state index contributed by atoms with van der Waals surface area (Å²) in [5.74, 6) is 0.118. The van der Waals surface area contributed by atoms with Gasteiger partial charge < -0.3 is 20.6 Å². The van der Waals surface area contributed by atoms with Gasteiger partial charge >= 0.3 is 6.03 Å². The van der Waals surface area contributed by atoms with Crippen LogP contribution in [0.25, 0.3) is 0 Å². The molecule has 2 amide bonds. The average Bonchev–Trinajstić information content (AvgIpc) is 2.99. The number of amides is 2. The summed E-state index contributed by atoms with van der Waals surface area (Å²) in [6.45, 7) is 8.24. The maximum absolute atomic E-state index is 11.8. The second kappa shape index (κ2) is 8.88. The third kappa shape index (κ3) is 6.19. The molecule has 1 atom stereocenters. The lowest BCUT2D eigenvalue weighted by Crippen LogP contribution is -2.37. The average molecular weight is 323 g/mol. The van der Waals surface area contributed by atoms with E-state index < -0.39 is 6.10 Å². The number of rotatable bonds is 7. The van der Waals surface area contributed by atoms with E-state index in [-0.39, 0.29) is 18.5 Å². The first-order chi connectivity index (χ1) is 11.0. The van der Waals surface area contributed by atoms with Crippen LogP contribution >= 0.6 is 0 Å². The van der Waals surface area contributed by atoms with Gasteiger partial charge in [0.1, 0.15) is 0 Å². The van der Waals surface area contributed by atoms with E-state index in [0.717, 1.165) is 13.1 Å². The van der Waals surface area contributed by atoms with Gasteiger partial charge in [0.05, 0.1) is 24.5 Å². The van der Waals surface area contributed by atoms with Crippen LogP contribution in [0.2, 0.25) is 0 Å². The van der Waals surface area contributed by atoms with Gasteiger partial charge in [0.25, 0.3) is 0 Å². The van der Waals surface area contributed by atoms with Crippen LogP contribution in [0.5, 0.6) is 0 Å². The van der Waals surface area contributed by atoms with Gasteiger partial charge in [-0.05, 0) is 31.8 Å². The maximum atomic E-state index is 11.8. The predicted octanol–water partition coefficient (Wildman–Crippen LogP) is 1.51. The zero-order valence-electron chi connectivity index (χ0n) is 14.2. The van der Waals surface area contributed by atoms with Crippen LogP contribution < -0.4 is 10.6 Å². The summed E-state index contributed by atoms with van der Waals surface area (Å²) in [5, 5.41) is 19.3. The Morgan fingerprint density at radius 2 is 2.04 bits per heavy atom. The minimum absolute atomic E-state index is 0.118. The molecule has 0 aromatic carbocycles.